The molecule has 0 fully saturated rings. The second kappa shape index (κ2) is 6.10. The summed E-state index contributed by atoms with van der Waals surface area (Å²) in [6.07, 6.45) is 0. The number of hydrogen-bond donors (Lipinski definition) is 1. The zero-order valence-electron chi connectivity index (χ0n) is 11.4. The van der Waals surface area contributed by atoms with Crippen molar-refractivity contribution >= 4 is 11.7 Å². The molecule has 104 valence electrons. The Balaban J connectivity index is 2.30. The van der Waals surface area contributed by atoms with Gasteiger partial charge < -0.3 is 20.0 Å². The Morgan fingerprint density at radius 3 is 2.40 bits per heavy atom. The highest BCUT2D eigenvalue weighted by Crippen LogP contribution is 2.27. The van der Waals surface area contributed by atoms with E-state index in [-0.39, 0.29) is 0 Å². The van der Waals surface area contributed by atoms with Crippen LogP contribution in [-0.4, -0.2) is 13.1 Å². The number of carbonyl (C=O) groups excluding carboxylic acids is 1. The van der Waals surface area contributed by atoms with E-state index in [9.17, 15) is 9.90 Å². The number of para-hydroxylation sites is 2. The minimum atomic E-state index is -1.18. The number of hydrogen-bond acceptors (Lipinski definition) is 4. The fourth-order valence-corrected chi connectivity index (χ4v) is 1.96. The number of aliphatic carboxylic acids is 1. The Labute approximate surface area is 118 Å². The van der Waals surface area contributed by atoms with Gasteiger partial charge in [0.05, 0.1) is 24.8 Å². The third-order valence-corrected chi connectivity index (χ3v) is 3.05. The summed E-state index contributed by atoms with van der Waals surface area (Å²) < 4.78 is 5.21. The van der Waals surface area contributed by atoms with Crippen molar-refractivity contribution in [2.75, 3.05) is 12.4 Å². The SMILES string of the molecule is COc1ccccc1N[C@@H](C(=O)[O-])c1ccc(C)cc1. The monoisotopic (exact) mass is 270 g/mol. The highest BCUT2D eigenvalue weighted by Gasteiger charge is 2.14. The zero-order valence-corrected chi connectivity index (χ0v) is 11.4. The van der Waals surface area contributed by atoms with Gasteiger partial charge in [-0.15, -0.1) is 0 Å². The highest BCUT2D eigenvalue weighted by molar-refractivity contribution is 5.78. The van der Waals surface area contributed by atoms with Crippen LogP contribution < -0.4 is 15.2 Å². The predicted molar refractivity (Wildman–Crippen MR) is 75.5 cm³/mol. The van der Waals surface area contributed by atoms with Gasteiger partial charge in [0.1, 0.15) is 5.75 Å². The number of rotatable bonds is 5. The molecule has 0 radical (unpaired) electrons. The van der Waals surface area contributed by atoms with Crippen molar-refractivity contribution in [3.63, 3.8) is 0 Å². The number of benzene rings is 2. The second-order valence-electron chi connectivity index (χ2n) is 4.51. The molecule has 0 unspecified atom stereocenters. The number of aryl methyl sites for hydroxylation is 1. The molecule has 0 aliphatic heterocycles. The summed E-state index contributed by atoms with van der Waals surface area (Å²) in [5.41, 5.74) is 2.33. The molecular formula is C16H16NO3-. The lowest BCUT2D eigenvalue weighted by Gasteiger charge is -2.22. The maximum atomic E-state index is 11.4. The first-order valence-corrected chi connectivity index (χ1v) is 6.29. The van der Waals surface area contributed by atoms with Gasteiger partial charge in [0, 0.05) is 0 Å². The molecule has 0 saturated heterocycles. The molecule has 2 rings (SSSR count). The second-order valence-corrected chi connectivity index (χ2v) is 4.51. The van der Waals surface area contributed by atoms with Gasteiger partial charge in [0.25, 0.3) is 0 Å². The Kier molecular flexibility index (Phi) is 4.25. The number of carboxylic acid groups (broad SMARTS) is 1. The van der Waals surface area contributed by atoms with E-state index in [1.54, 1.807) is 31.4 Å². The Hall–Kier alpha value is -2.49. The third kappa shape index (κ3) is 3.09. The van der Waals surface area contributed by atoms with E-state index in [0.717, 1.165) is 5.56 Å². The molecule has 20 heavy (non-hydrogen) atoms. The summed E-state index contributed by atoms with van der Waals surface area (Å²) in [6, 6.07) is 13.5. The van der Waals surface area contributed by atoms with E-state index in [1.165, 1.54) is 0 Å². The lowest BCUT2D eigenvalue weighted by atomic mass is 10.0. The van der Waals surface area contributed by atoms with Crippen molar-refractivity contribution in [1.82, 2.24) is 0 Å². The molecule has 0 heterocycles. The summed E-state index contributed by atoms with van der Waals surface area (Å²) in [6.45, 7) is 1.95. The Bertz CT molecular complexity index is 593. The first-order valence-electron chi connectivity index (χ1n) is 6.29. The molecular weight excluding hydrogens is 254 g/mol. The van der Waals surface area contributed by atoms with Crippen LogP contribution in [0.3, 0.4) is 0 Å². The number of methoxy groups -OCH3 is 1. The van der Waals surface area contributed by atoms with Crippen LogP contribution in [0.2, 0.25) is 0 Å². The van der Waals surface area contributed by atoms with Crippen LogP contribution in [0.15, 0.2) is 48.5 Å². The summed E-state index contributed by atoms with van der Waals surface area (Å²) >= 11 is 0. The fraction of sp³-hybridized carbons (Fsp3) is 0.188. The molecule has 2 aromatic rings. The molecule has 0 aliphatic carbocycles. The predicted octanol–water partition coefficient (Wildman–Crippen LogP) is 1.91. The molecule has 0 aromatic heterocycles. The van der Waals surface area contributed by atoms with Crippen molar-refractivity contribution in [3.8, 4) is 5.75 Å². The maximum absolute atomic E-state index is 11.4. The van der Waals surface area contributed by atoms with E-state index in [4.69, 9.17) is 4.74 Å². The van der Waals surface area contributed by atoms with Crippen LogP contribution in [0.4, 0.5) is 5.69 Å². The normalized spacial score (nSPS) is 11.7. The first-order chi connectivity index (χ1) is 9.61. The maximum Gasteiger partial charge on any atom is 0.141 e. The molecule has 0 bridgehead atoms. The van der Waals surface area contributed by atoms with Gasteiger partial charge in [-0.3, -0.25) is 0 Å². The summed E-state index contributed by atoms with van der Waals surface area (Å²) in [7, 11) is 1.54. The molecule has 0 saturated carbocycles. The van der Waals surface area contributed by atoms with E-state index in [1.807, 2.05) is 31.2 Å². The molecule has 4 heteroatoms. The summed E-state index contributed by atoms with van der Waals surface area (Å²) in [5, 5.41) is 14.3. The lowest BCUT2D eigenvalue weighted by molar-refractivity contribution is -0.307. The largest absolute Gasteiger partial charge is 0.548 e. The summed E-state index contributed by atoms with van der Waals surface area (Å²) in [4.78, 5) is 11.4. The Morgan fingerprint density at radius 2 is 1.80 bits per heavy atom. The third-order valence-electron chi connectivity index (χ3n) is 3.05. The summed E-state index contributed by atoms with van der Waals surface area (Å²) in [5.74, 6) is -0.592. The van der Waals surface area contributed by atoms with Gasteiger partial charge in [-0.05, 0) is 24.6 Å². The van der Waals surface area contributed by atoms with Crippen molar-refractivity contribution in [2.45, 2.75) is 13.0 Å². The van der Waals surface area contributed by atoms with Crippen LogP contribution in [-0.2, 0) is 4.79 Å². The van der Waals surface area contributed by atoms with Crippen molar-refractivity contribution < 1.29 is 14.6 Å². The average Bonchev–Trinajstić information content (AvgIpc) is 2.46. The van der Waals surface area contributed by atoms with Gasteiger partial charge in [-0.1, -0.05) is 42.0 Å². The van der Waals surface area contributed by atoms with Gasteiger partial charge in [0.15, 0.2) is 0 Å². The lowest BCUT2D eigenvalue weighted by Crippen LogP contribution is -2.34. The first kappa shape index (κ1) is 13.9. The number of carbonyl (C=O) groups is 1. The quantitative estimate of drug-likeness (QED) is 0.901. The standard InChI is InChI=1S/C16H17NO3/c1-11-7-9-12(10-8-11)15(16(18)19)17-13-5-3-4-6-14(13)20-2/h3-10,15,17H,1-2H3,(H,18,19)/p-1/t15-/m1/s1. The molecule has 0 aliphatic rings. The van der Waals surface area contributed by atoms with E-state index >= 15 is 0 Å². The molecule has 1 N–H and O–H groups in total. The Morgan fingerprint density at radius 1 is 1.15 bits per heavy atom. The number of nitrogens with one attached hydrogen (secondary N) is 1. The zero-order chi connectivity index (χ0) is 14.5. The highest BCUT2D eigenvalue weighted by atomic mass is 16.5. The topological polar surface area (TPSA) is 61.4 Å². The number of ether oxygens (including phenoxy) is 1. The van der Waals surface area contributed by atoms with Crippen molar-refractivity contribution in [1.29, 1.82) is 0 Å². The van der Waals surface area contributed by atoms with Crippen molar-refractivity contribution in [2.24, 2.45) is 0 Å². The number of carboxylic acids is 1. The van der Waals surface area contributed by atoms with Crippen LogP contribution in [0.25, 0.3) is 0 Å². The van der Waals surface area contributed by atoms with Gasteiger partial charge >= 0.3 is 0 Å². The van der Waals surface area contributed by atoms with Crippen LogP contribution in [0.1, 0.15) is 17.2 Å². The molecule has 4 nitrogen and oxygen atoms in total. The van der Waals surface area contributed by atoms with E-state index in [2.05, 4.69) is 5.32 Å². The smallest absolute Gasteiger partial charge is 0.141 e. The van der Waals surface area contributed by atoms with E-state index < -0.39 is 12.0 Å². The molecule has 0 spiro atoms. The van der Waals surface area contributed by atoms with E-state index in [0.29, 0.717) is 17.0 Å². The minimum absolute atomic E-state index is 0.589. The molecule has 2 aromatic carbocycles. The van der Waals surface area contributed by atoms with Gasteiger partial charge in [-0.25, -0.2) is 0 Å². The van der Waals surface area contributed by atoms with Gasteiger partial charge in [-0.2, -0.15) is 0 Å². The minimum Gasteiger partial charge on any atom is -0.548 e. The van der Waals surface area contributed by atoms with Crippen molar-refractivity contribution in [3.05, 3.63) is 59.7 Å². The molecule has 0 amide bonds. The average molecular weight is 270 g/mol. The van der Waals surface area contributed by atoms with Crippen LogP contribution in [0, 0.1) is 6.92 Å². The van der Waals surface area contributed by atoms with Crippen LogP contribution >= 0.6 is 0 Å². The number of anilines is 1. The molecule has 1 atom stereocenters. The fourth-order valence-electron chi connectivity index (χ4n) is 1.96. The van der Waals surface area contributed by atoms with Gasteiger partial charge in [0.2, 0.25) is 0 Å². The van der Waals surface area contributed by atoms with Crippen LogP contribution in [0.5, 0.6) is 5.75 Å².